The average molecular weight is 322 g/mol. The summed E-state index contributed by atoms with van der Waals surface area (Å²) in [6, 6.07) is 5.32. The van der Waals surface area contributed by atoms with E-state index in [1.165, 1.54) is 0 Å². The minimum Gasteiger partial charge on any atom is -0.493 e. The Morgan fingerprint density at radius 1 is 1.35 bits per heavy atom. The topological polar surface area (TPSA) is 71.0 Å². The Kier molecular flexibility index (Phi) is 6.10. The van der Waals surface area contributed by atoms with Crippen molar-refractivity contribution in [1.82, 2.24) is 10.2 Å². The van der Waals surface area contributed by atoms with Crippen LogP contribution in [0, 0.1) is 0 Å². The number of rotatable bonds is 5. The van der Waals surface area contributed by atoms with Crippen molar-refractivity contribution in [1.29, 1.82) is 0 Å². The van der Waals surface area contributed by atoms with Gasteiger partial charge in [-0.1, -0.05) is 6.07 Å². The van der Waals surface area contributed by atoms with E-state index in [0.717, 1.165) is 24.8 Å². The fraction of sp³-hybridized carbons (Fsp3) is 0.588. The first-order valence-corrected chi connectivity index (χ1v) is 8.00. The molecule has 1 aliphatic heterocycles. The van der Waals surface area contributed by atoms with E-state index in [4.69, 9.17) is 9.47 Å². The number of piperidine rings is 1. The highest BCUT2D eigenvalue weighted by Crippen LogP contribution is 2.27. The van der Waals surface area contributed by atoms with E-state index in [0.29, 0.717) is 24.6 Å². The van der Waals surface area contributed by atoms with E-state index in [9.17, 15) is 9.90 Å². The number of likely N-dealkylation sites (tertiary alicyclic amines) is 1. The van der Waals surface area contributed by atoms with Gasteiger partial charge in [0.1, 0.15) is 0 Å². The van der Waals surface area contributed by atoms with Crippen molar-refractivity contribution in [2.75, 3.05) is 20.8 Å². The van der Waals surface area contributed by atoms with E-state index in [1.54, 1.807) is 26.0 Å². The molecule has 0 aromatic heterocycles. The van der Waals surface area contributed by atoms with E-state index in [1.807, 2.05) is 18.2 Å². The molecule has 1 fully saturated rings. The predicted molar refractivity (Wildman–Crippen MR) is 87.8 cm³/mol. The molecular formula is C17H26N2O4. The van der Waals surface area contributed by atoms with Crippen LogP contribution in [0.2, 0.25) is 0 Å². The van der Waals surface area contributed by atoms with Gasteiger partial charge in [0, 0.05) is 13.1 Å². The van der Waals surface area contributed by atoms with E-state index in [-0.39, 0.29) is 12.1 Å². The Balaban J connectivity index is 1.98. The lowest BCUT2D eigenvalue weighted by Crippen LogP contribution is -2.52. The fourth-order valence-electron chi connectivity index (χ4n) is 2.98. The lowest BCUT2D eigenvalue weighted by atomic mass is 9.98. The number of amides is 2. The Hall–Kier alpha value is -1.95. The Bertz CT molecular complexity index is 533. The largest absolute Gasteiger partial charge is 0.493 e. The Morgan fingerprint density at radius 3 is 2.74 bits per heavy atom. The quantitative estimate of drug-likeness (QED) is 0.871. The maximum Gasteiger partial charge on any atom is 0.318 e. The van der Waals surface area contributed by atoms with Crippen molar-refractivity contribution in [3.05, 3.63) is 23.8 Å². The molecule has 23 heavy (non-hydrogen) atoms. The number of nitrogens with one attached hydrogen (secondary N) is 1. The minimum atomic E-state index is -0.512. The summed E-state index contributed by atoms with van der Waals surface area (Å²) in [6.07, 6.45) is 2.37. The van der Waals surface area contributed by atoms with Crippen molar-refractivity contribution >= 4 is 6.03 Å². The molecule has 0 radical (unpaired) electrons. The molecule has 1 heterocycles. The van der Waals surface area contributed by atoms with Crippen LogP contribution in [0.25, 0.3) is 0 Å². The molecule has 2 rings (SSSR count). The number of nitrogens with zero attached hydrogens (tertiary/aromatic N) is 1. The van der Waals surface area contributed by atoms with Crippen LogP contribution in [0.3, 0.4) is 0 Å². The summed E-state index contributed by atoms with van der Waals surface area (Å²) in [5, 5.41) is 12.8. The van der Waals surface area contributed by atoms with Gasteiger partial charge < -0.3 is 24.8 Å². The highest BCUT2D eigenvalue weighted by atomic mass is 16.5. The van der Waals surface area contributed by atoms with Gasteiger partial charge in [-0.05, 0) is 43.9 Å². The molecule has 1 aromatic carbocycles. The lowest BCUT2D eigenvalue weighted by Gasteiger charge is -2.37. The summed E-state index contributed by atoms with van der Waals surface area (Å²) >= 11 is 0. The summed E-state index contributed by atoms with van der Waals surface area (Å²) < 4.78 is 10.5. The van der Waals surface area contributed by atoms with E-state index < -0.39 is 6.10 Å². The zero-order chi connectivity index (χ0) is 16.8. The second-order valence-corrected chi connectivity index (χ2v) is 5.85. The average Bonchev–Trinajstić information content (AvgIpc) is 2.59. The highest BCUT2D eigenvalue weighted by molar-refractivity contribution is 5.74. The third kappa shape index (κ3) is 4.28. The zero-order valence-electron chi connectivity index (χ0n) is 14.0. The summed E-state index contributed by atoms with van der Waals surface area (Å²) in [6.45, 7) is 2.83. The number of urea groups is 1. The minimum absolute atomic E-state index is 0.103. The standard InChI is InChI=1S/C17H26N2O4/c1-12(20)14-6-4-5-9-19(14)17(21)18-11-13-7-8-15(22-2)16(10-13)23-3/h7-8,10,12,14,20H,4-6,9,11H2,1-3H3,(H,18,21)/t12-,14-/m1/s1. The number of methoxy groups -OCH3 is 2. The molecule has 0 aliphatic carbocycles. The first kappa shape index (κ1) is 17.4. The van der Waals surface area contributed by atoms with Crippen LogP contribution in [-0.2, 0) is 6.54 Å². The van der Waals surface area contributed by atoms with Crippen molar-refractivity contribution in [2.45, 2.75) is 44.9 Å². The van der Waals surface area contributed by atoms with Gasteiger partial charge in [-0.15, -0.1) is 0 Å². The molecular weight excluding hydrogens is 296 g/mol. The van der Waals surface area contributed by atoms with Gasteiger partial charge in [0.15, 0.2) is 11.5 Å². The highest BCUT2D eigenvalue weighted by Gasteiger charge is 2.29. The van der Waals surface area contributed by atoms with Gasteiger partial charge in [0.05, 0.1) is 26.4 Å². The van der Waals surface area contributed by atoms with Crippen LogP contribution in [-0.4, -0.2) is 48.9 Å². The van der Waals surface area contributed by atoms with Crippen molar-refractivity contribution in [3.8, 4) is 11.5 Å². The van der Waals surface area contributed by atoms with Crippen LogP contribution < -0.4 is 14.8 Å². The third-order valence-electron chi connectivity index (χ3n) is 4.26. The second kappa shape index (κ2) is 8.06. The first-order chi connectivity index (χ1) is 11.1. The van der Waals surface area contributed by atoms with Crippen LogP contribution in [0.15, 0.2) is 18.2 Å². The van der Waals surface area contributed by atoms with E-state index in [2.05, 4.69) is 5.32 Å². The second-order valence-electron chi connectivity index (χ2n) is 5.85. The molecule has 2 amide bonds. The molecule has 1 aliphatic rings. The fourth-order valence-corrected chi connectivity index (χ4v) is 2.98. The number of hydrogen-bond acceptors (Lipinski definition) is 4. The molecule has 1 aromatic rings. The van der Waals surface area contributed by atoms with Crippen LogP contribution >= 0.6 is 0 Å². The third-order valence-corrected chi connectivity index (χ3v) is 4.26. The number of carbonyl (C=O) groups is 1. The van der Waals surface area contributed by atoms with Crippen LogP contribution in [0.5, 0.6) is 11.5 Å². The number of carbonyl (C=O) groups excluding carboxylic acids is 1. The molecule has 6 nitrogen and oxygen atoms in total. The van der Waals surface area contributed by atoms with Crippen molar-refractivity contribution in [3.63, 3.8) is 0 Å². The number of aliphatic hydroxyl groups excluding tert-OH is 1. The van der Waals surface area contributed by atoms with Gasteiger partial charge >= 0.3 is 6.03 Å². The molecule has 2 atom stereocenters. The number of aliphatic hydroxyl groups is 1. The smallest absolute Gasteiger partial charge is 0.318 e. The van der Waals surface area contributed by atoms with Crippen LogP contribution in [0.1, 0.15) is 31.7 Å². The Morgan fingerprint density at radius 2 is 2.09 bits per heavy atom. The SMILES string of the molecule is COc1ccc(CNC(=O)N2CCCC[C@@H]2[C@@H](C)O)cc1OC. The monoisotopic (exact) mass is 322 g/mol. The van der Waals surface area contributed by atoms with E-state index >= 15 is 0 Å². The van der Waals surface area contributed by atoms with Crippen LogP contribution in [0.4, 0.5) is 4.79 Å². The molecule has 0 saturated carbocycles. The summed E-state index contributed by atoms with van der Waals surface area (Å²) in [5.41, 5.74) is 0.932. The Labute approximate surface area is 137 Å². The molecule has 0 spiro atoms. The molecule has 1 saturated heterocycles. The summed E-state index contributed by atoms with van der Waals surface area (Å²) in [5.74, 6) is 1.30. The predicted octanol–water partition coefficient (Wildman–Crippen LogP) is 2.15. The molecule has 2 N–H and O–H groups in total. The van der Waals surface area contributed by atoms with Gasteiger partial charge in [0.25, 0.3) is 0 Å². The van der Waals surface area contributed by atoms with Gasteiger partial charge in [-0.3, -0.25) is 0 Å². The maximum absolute atomic E-state index is 12.4. The van der Waals surface area contributed by atoms with Gasteiger partial charge in [0.2, 0.25) is 0 Å². The first-order valence-electron chi connectivity index (χ1n) is 8.00. The van der Waals surface area contributed by atoms with Crippen molar-refractivity contribution in [2.24, 2.45) is 0 Å². The number of benzene rings is 1. The molecule has 0 bridgehead atoms. The maximum atomic E-state index is 12.4. The molecule has 0 unspecified atom stereocenters. The van der Waals surface area contributed by atoms with Gasteiger partial charge in [-0.2, -0.15) is 0 Å². The normalized spacial score (nSPS) is 19.1. The molecule has 6 heteroatoms. The zero-order valence-corrected chi connectivity index (χ0v) is 14.0. The number of hydrogen-bond donors (Lipinski definition) is 2. The summed E-state index contributed by atoms with van der Waals surface area (Å²) in [7, 11) is 3.17. The summed E-state index contributed by atoms with van der Waals surface area (Å²) in [4.78, 5) is 14.2. The lowest BCUT2D eigenvalue weighted by molar-refractivity contribution is 0.0562. The number of ether oxygens (including phenoxy) is 2. The van der Waals surface area contributed by atoms with Gasteiger partial charge in [-0.25, -0.2) is 4.79 Å². The van der Waals surface area contributed by atoms with Crippen molar-refractivity contribution < 1.29 is 19.4 Å². The molecule has 128 valence electrons.